The highest BCUT2D eigenvalue weighted by molar-refractivity contribution is 7.99. The predicted octanol–water partition coefficient (Wildman–Crippen LogP) is 4.62. The highest BCUT2D eigenvalue weighted by Crippen LogP contribution is 2.25. The first-order chi connectivity index (χ1) is 14.2. The van der Waals surface area contributed by atoms with E-state index in [1.54, 1.807) is 0 Å². The minimum atomic E-state index is 0.171. The van der Waals surface area contributed by atoms with Crippen molar-refractivity contribution in [2.45, 2.75) is 30.8 Å². The Hall–Kier alpha value is -2.31. The lowest BCUT2D eigenvalue weighted by molar-refractivity contribution is -0.129. The minimum absolute atomic E-state index is 0.171. The topological polar surface area (TPSA) is 51.0 Å². The maximum atomic E-state index is 12.6. The number of thioether (sulfide) groups is 1. The summed E-state index contributed by atoms with van der Waals surface area (Å²) < 4.78 is 2.03. The molecular formula is C22H23ClN4OS. The standard InChI is InChI=1S/C22H23ClN4OS/c23-18-9-11-19(12-10-18)27-20(15-17-7-3-1-4-8-17)24-25-22(27)29-16-21(28)26-13-5-2-6-14-26/h1,3-4,7-12H,2,5-6,13-16H2. The second kappa shape index (κ2) is 9.46. The van der Waals surface area contributed by atoms with E-state index in [-0.39, 0.29) is 5.91 Å². The fourth-order valence-corrected chi connectivity index (χ4v) is 4.50. The first-order valence-corrected chi connectivity index (χ1v) is 11.2. The highest BCUT2D eigenvalue weighted by atomic mass is 35.5. The van der Waals surface area contributed by atoms with E-state index < -0.39 is 0 Å². The summed E-state index contributed by atoms with van der Waals surface area (Å²) in [5, 5.41) is 10.2. The molecular weight excluding hydrogens is 404 g/mol. The summed E-state index contributed by atoms with van der Waals surface area (Å²) in [6, 6.07) is 17.8. The number of amides is 1. The Morgan fingerprint density at radius 3 is 2.41 bits per heavy atom. The van der Waals surface area contributed by atoms with Crippen LogP contribution in [0.2, 0.25) is 5.02 Å². The molecule has 0 unspecified atom stereocenters. The summed E-state index contributed by atoms with van der Waals surface area (Å²) in [5.74, 6) is 1.38. The van der Waals surface area contributed by atoms with Gasteiger partial charge in [-0.15, -0.1) is 10.2 Å². The van der Waals surface area contributed by atoms with Gasteiger partial charge in [0, 0.05) is 30.2 Å². The monoisotopic (exact) mass is 426 g/mol. The van der Waals surface area contributed by atoms with Crippen LogP contribution in [0, 0.1) is 0 Å². The molecule has 3 aromatic rings. The molecule has 7 heteroatoms. The number of carbonyl (C=O) groups excluding carboxylic acids is 1. The summed E-state index contributed by atoms with van der Waals surface area (Å²) in [6.45, 7) is 1.73. The number of carbonyl (C=O) groups is 1. The number of hydrogen-bond acceptors (Lipinski definition) is 4. The van der Waals surface area contributed by atoms with Crippen LogP contribution in [0.4, 0.5) is 0 Å². The number of aromatic nitrogens is 3. The van der Waals surface area contributed by atoms with Gasteiger partial charge in [0.15, 0.2) is 5.16 Å². The first kappa shape index (κ1) is 20.0. The van der Waals surface area contributed by atoms with Crippen LogP contribution < -0.4 is 0 Å². The second-order valence-corrected chi connectivity index (χ2v) is 8.48. The molecule has 1 fully saturated rings. The Balaban J connectivity index is 1.57. The SMILES string of the molecule is O=C(CSc1nnc(Cc2ccccc2)n1-c1ccc(Cl)cc1)N1CCCCC1. The van der Waals surface area contributed by atoms with E-state index in [1.807, 2.05) is 51.9 Å². The summed E-state index contributed by atoms with van der Waals surface area (Å²) >= 11 is 7.52. The molecule has 0 spiro atoms. The lowest BCUT2D eigenvalue weighted by atomic mass is 10.1. The smallest absolute Gasteiger partial charge is 0.233 e. The molecule has 29 heavy (non-hydrogen) atoms. The van der Waals surface area contributed by atoms with E-state index in [9.17, 15) is 4.79 Å². The molecule has 1 amide bonds. The zero-order chi connectivity index (χ0) is 20.1. The molecule has 0 bridgehead atoms. The maximum Gasteiger partial charge on any atom is 0.233 e. The number of piperidine rings is 1. The second-order valence-electron chi connectivity index (χ2n) is 7.10. The lowest BCUT2D eigenvalue weighted by Gasteiger charge is -2.26. The quantitative estimate of drug-likeness (QED) is 0.540. The number of rotatable bonds is 6. The van der Waals surface area contributed by atoms with Crippen molar-refractivity contribution in [3.63, 3.8) is 0 Å². The van der Waals surface area contributed by atoms with Gasteiger partial charge < -0.3 is 4.90 Å². The fraction of sp³-hybridized carbons (Fsp3) is 0.318. The van der Waals surface area contributed by atoms with E-state index in [0.29, 0.717) is 17.2 Å². The molecule has 1 aliphatic heterocycles. The number of benzene rings is 2. The molecule has 0 saturated carbocycles. The van der Waals surface area contributed by atoms with Gasteiger partial charge in [-0.3, -0.25) is 9.36 Å². The van der Waals surface area contributed by atoms with E-state index in [1.165, 1.54) is 18.2 Å². The molecule has 1 saturated heterocycles. The molecule has 1 aliphatic rings. The predicted molar refractivity (Wildman–Crippen MR) is 117 cm³/mol. The zero-order valence-electron chi connectivity index (χ0n) is 16.1. The van der Waals surface area contributed by atoms with Crippen LogP contribution in [-0.4, -0.2) is 44.4 Å². The molecule has 2 aromatic carbocycles. The van der Waals surface area contributed by atoms with Crippen LogP contribution in [-0.2, 0) is 11.2 Å². The molecule has 0 aliphatic carbocycles. The number of halogens is 1. The number of nitrogens with zero attached hydrogens (tertiary/aromatic N) is 4. The normalized spacial score (nSPS) is 14.2. The average molecular weight is 427 g/mol. The van der Waals surface area contributed by atoms with Crippen LogP contribution >= 0.6 is 23.4 Å². The number of hydrogen-bond donors (Lipinski definition) is 0. The summed E-state index contributed by atoms with van der Waals surface area (Å²) in [6.07, 6.45) is 4.07. The third-order valence-corrected chi connectivity index (χ3v) is 6.19. The van der Waals surface area contributed by atoms with Crippen molar-refractivity contribution in [1.29, 1.82) is 0 Å². The van der Waals surface area contributed by atoms with E-state index >= 15 is 0 Å². The van der Waals surface area contributed by atoms with Gasteiger partial charge in [0.1, 0.15) is 5.82 Å². The van der Waals surface area contributed by atoms with Gasteiger partial charge in [0.05, 0.1) is 5.75 Å². The first-order valence-electron chi connectivity index (χ1n) is 9.85. The molecule has 0 atom stereocenters. The van der Waals surface area contributed by atoms with Crippen molar-refractivity contribution >= 4 is 29.3 Å². The largest absolute Gasteiger partial charge is 0.342 e. The molecule has 5 nitrogen and oxygen atoms in total. The lowest BCUT2D eigenvalue weighted by Crippen LogP contribution is -2.36. The van der Waals surface area contributed by atoms with Crippen LogP contribution in [0.15, 0.2) is 59.8 Å². The van der Waals surface area contributed by atoms with Crippen LogP contribution in [0.5, 0.6) is 0 Å². The van der Waals surface area contributed by atoms with Gasteiger partial charge in [-0.1, -0.05) is 53.7 Å². The van der Waals surface area contributed by atoms with E-state index in [0.717, 1.165) is 48.2 Å². The maximum absolute atomic E-state index is 12.6. The minimum Gasteiger partial charge on any atom is -0.342 e. The molecule has 150 valence electrons. The summed E-state index contributed by atoms with van der Waals surface area (Å²) in [7, 11) is 0. The number of likely N-dealkylation sites (tertiary alicyclic amines) is 1. The van der Waals surface area contributed by atoms with Gasteiger partial charge in [-0.2, -0.15) is 0 Å². The van der Waals surface area contributed by atoms with Crippen molar-refractivity contribution < 1.29 is 4.79 Å². The molecule has 4 rings (SSSR count). The van der Waals surface area contributed by atoms with Gasteiger partial charge in [-0.25, -0.2) is 0 Å². The van der Waals surface area contributed by atoms with Crippen molar-refractivity contribution in [2.24, 2.45) is 0 Å². The average Bonchev–Trinajstić information content (AvgIpc) is 3.16. The van der Waals surface area contributed by atoms with Crippen molar-refractivity contribution in [3.05, 3.63) is 71.0 Å². The van der Waals surface area contributed by atoms with Crippen molar-refractivity contribution in [2.75, 3.05) is 18.8 Å². The molecule has 2 heterocycles. The third-order valence-electron chi connectivity index (χ3n) is 5.02. The van der Waals surface area contributed by atoms with Crippen LogP contribution in [0.3, 0.4) is 0 Å². The Bertz CT molecular complexity index is 953. The zero-order valence-corrected chi connectivity index (χ0v) is 17.7. The molecule has 0 N–H and O–H groups in total. The van der Waals surface area contributed by atoms with Gasteiger partial charge in [-0.05, 0) is 49.1 Å². The van der Waals surface area contributed by atoms with Crippen LogP contribution in [0.25, 0.3) is 5.69 Å². The Morgan fingerprint density at radius 2 is 1.69 bits per heavy atom. The van der Waals surface area contributed by atoms with Gasteiger partial charge in [0.2, 0.25) is 5.91 Å². The van der Waals surface area contributed by atoms with E-state index in [2.05, 4.69) is 22.3 Å². The Kier molecular flexibility index (Phi) is 6.52. The Morgan fingerprint density at radius 1 is 0.966 bits per heavy atom. The van der Waals surface area contributed by atoms with Crippen molar-refractivity contribution in [1.82, 2.24) is 19.7 Å². The summed E-state index contributed by atoms with van der Waals surface area (Å²) in [5.41, 5.74) is 2.11. The van der Waals surface area contributed by atoms with Crippen molar-refractivity contribution in [3.8, 4) is 5.69 Å². The molecule has 0 radical (unpaired) electrons. The van der Waals surface area contributed by atoms with Gasteiger partial charge >= 0.3 is 0 Å². The van der Waals surface area contributed by atoms with Gasteiger partial charge in [0.25, 0.3) is 0 Å². The highest BCUT2D eigenvalue weighted by Gasteiger charge is 2.20. The Labute approximate surface area is 180 Å². The molecule has 1 aromatic heterocycles. The summed E-state index contributed by atoms with van der Waals surface area (Å²) in [4.78, 5) is 14.6. The fourth-order valence-electron chi connectivity index (χ4n) is 3.50. The van der Waals surface area contributed by atoms with Crippen LogP contribution in [0.1, 0.15) is 30.7 Å². The van der Waals surface area contributed by atoms with E-state index in [4.69, 9.17) is 11.6 Å². The third kappa shape index (κ3) is 5.00.